The summed E-state index contributed by atoms with van der Waals surface area (Å²) in [5, 5.41) is 1.90. The molecule has 4 rings (SSSR count). The maximum Gasteiger partial charge on any atom is 0.253 e. The van der Waals surface area contributed by atoms with Crippen LogP contribution in [0.15, 0.2) is 48.5 Å². The number of aromatic nitrogens is 1. The Kier molecular flexibility index (Phi) is 4.70. The van der Waals surface area contributed by atoms with Gasteiger partial charge in [0.1, 0.15) is 0 Å². The zero-order chi connectivity index (χ0) is 18.1. The lowest BCUT2D eigenvalue weighted by atomic mass is 10.1. The van der Waals surface area contributed by atoms with Crippen molar-refractivity contribution in [2.24, 2.45) is 0 Å². The van der Waals surface area contributed by atoms with E-state index in [9.17, 15) is 4.79 Å². The fraction of sp³-hybridized carbons (Fsp3) is 0.286. The Morgan fingerprint density at radius 3 is 2.62 bits per heavy atom. The Bertz CT molecular complexity index is 941. The van der Waals surface area contributed by atoms with E-state index in [1.165, 1.54) is 22.2 Å². The normalized spacial score (nSPS) is 15.5. The van der Waals surface area contributed by atoms with Gasteiger partial charge < -0.3 is 9.88 Å². The molecule has 134 valence electrons. The largest absolute Gasteiger partial charge is 0.358 e. The van der Waals surface area contributed by atoms with E-state index in [1.807, 2.05) is 17.0 Å². The quantitative estimate of drug-likeness (QED) is 0.757. The van der Waals surface area contributed by atoms with Gasteiger partial charge in [0.2, 0.25) is 0 Å². The molecule has 1 amide bonds. The van der Waals surface area contributed by atoms with Crippen LogP contribution in [0.1, 0.15) is 21.6 Å². The summed E-state index contributed by atoms with van der Waals surface area (Å²) in [5.74, 6) is 0.0652. The standard InChI is InChI=1S/C21H22ClN3O/c1-15-19(18-7-2-3-8-20(18)23-15)14-24-9-11-25(12-10-24)21(26)16-5-4-6-17(22)13-16/h2-8,13,23H,9-12,14H2,1H3. The van der Waals surface area contributed by atoms with Crippen molar-refractivity contribution in [1.82, 2.24) is 14.8 Å². The number of fused-ring (bicyclic) bond motifs is 1. The summed E-state index contributed by atoms with van der Waals surface area (Å²) in [5.41, 5.74) is 4.44. The predicted molar refractivity (Wildman–Crippen MR) is 106 cm³/mol. The van der Waals surface area contributed by atoms with Crippen LogP contribution >= 0.6 is 11.6 Å². The number of amides is 1. The van der Waals surface area contributed by atoms with E-state index in [0.717, 1.165) is 32.7 Å². The van der Waals surface area contributed by atoms with Gasteiger partial charge in [0.05, 0.1) is 0 Å². The molecule has 1 aliphatic heterocycles. The SMILES string of the molecule is Cc1[nH]c2ccccc2c1CN1CCN(C(=O)c2cccc(Cl)c2)CC1. The van der Waals surface area contributed by atoms with Crippen molar-refractivity contribution >= 4 is 28.4 Å². The second kappa shape index (κ2) is 7.14. The van der Waals surface area contributed by atoms with E-state index in [-0.39, 0.29) is 5.91 Å². The van der Waals surface area contributed by atoms with Crippen LogP contribution in [0, 0.1) is 6.92 Å². The van der Waals surface area contributed by atoms with Gasteiger partial charge in [-0.1, -0.05) is 35.9 Å². The molecule has 1 aliphatic rings. The van der Waals surface area contributed by atoms with Gasteiger partial charge in [-0.15, -0.1) is 0 Å². The molecular formula is C21H22ClN3O. The number of carbonyl (C=O) groups excluding carboxylic acids is 1. The topological polar surface area (TPSA) is 39.3 Å². The molecule has 1 aromatic heterocycles. The molecule has 1 N–H and O–H groups in total. The number of rotatable bonds is 3. The van der Waals surface area contributed by atoms with Gasteiger partial charge >= 0.3 is 0 Å². The van der Waals surface area contributed by atoms with Crippen molar-refractivity contribution in [3.05, 3.63) is 70.4 Å². The Morgan fingerprint density at radius 1 is 1.08 bits per heavy atom. The predicted octanol–water partition coefficient (Wildman–Crippen LogP) is 4.09. The molecule has 1 saturated heterocycles. The van der Waals surface area contributed by atoms with Gasteiger partial charge in [-0.2, -0.15) is 0 Å². The van der Waals surface area contributed by atoms with Crippen molar-refractivity contribution in [2.75, 3.05) is 26.2 Å². The van der Waals surface area contributed by atoms with Crippen LogP contribution in [0.5, 0.6) is 0 Å². The summed E-state index contributed by atoms with van der Waals surface area (Å²) >= 11 is 6.01. The molecule has 1 fully saturated rings. The highest BCUT2D eigenvalue weighted by molar-refractivity contribution is 6.30. The number of aryl methyl sites for hydroxylation is 1. The summed E-state index contributed by atoms with van der Waals surface area (Å²) in [6.07, 6.45) is 0. The van der Waals surface area contributed by atoms with E-state index in [1.54, 1.807) is 12.1 Å². The fourth-order valence-electron chi connectivity index (χ4n) is 3.68. The van der Waals surface area contributed by atoms with Gasteiger partial charge in [0.25, 0.3) is 5.91 Å². The molecule has 0 radical (unpaired) electrons. The summed E-state index contributed by atoms with van der Waals surface area (Å²) < 4.78 is 0. The molecule has 2 heterocycles. The van der Waals surface area contributed by atoms with Crippen LogP contribution in [-0.4, -0.2) is 46.9 Å². The number of benzene rings is 2. The van der Waals surface area contributed by atoms with E-state index < -0.39 is 0 Å². The van der Waals surface area contributed by atoms with Gasteiger partial charge in [-0.05, 0) is 36.8 Å². The molecule has 0 unspecified atom stereocenters. The average molecular weight is 368 g/mol. The summed E-state index contributed by atoms with van der Waals surface area (Å²) in [6.45, 7) is 6.29. The summed E-state index contributed by atoms with van der Waals surface area (Å²) in [4.78, 5) is 20.5. The van der Waals surface area contributed by atoms with Crippen molar-refractivity contribution in [1.29, 1.82) is 0 Å². The number of aromatic amines is 1. The van der Waals surface area contributed by atoms with Crippen molar-refractivity contribution < 1.29 is 4.79 Å². The minimum atomic E-state index is 0.0652. The lowest BCUT2D eigenvalue weighted by molar-refractivity contribution is 0.0628. The molecule has 2 aromatic carbocycles. The van der Waals surface area contributed by atoms with Crippen LogP contribution in [0.25, 0.3) is 10.9 Å². The first-order valence-electron chi connectivity index (χ1n) is 8.95. The molecule has 4 nitrogen and oxygen atoms in total. The number of hydrogen-bond acceptors (Lipinski definition) is 2. The summed E-state index contributed by atoms with van der Waals surface area (Å²) in [6, 6.07) is 15.6. The van der Waals surface area contributed by atoms with Crippen molar-refractivity contribution in [2.45, 2.75) is 13.5 Å². The first-order valence-corrected chi connectivity index (χ1v) is 9.33. The number of para-hydroxylation sites is 1. The minimum absolute atomic E-state index is 0.0652. The first kappa shape index (κ1) is 17.1. The molecule has 0 spiro atoms. The summed E-state index contributed by atoms with van der Waals surface area (Å²) in [7, 11) is 0. The Labute approximate surface area is 158 Å². The van der Waals surface area contributed by atoms with E-state index in [2.05, 4.69) is 41.1 Å². The molecule has 5 heteroatoms. The number of piperazine rings is 1. The zero-order valence-corrected chi connectivity index (χ0v) is 15.6. The fourth-order valence-corrected chi connectivity index (χ4v) is 3.87. The highest BCUT2D eigenvalue weighted by Gasteiger charge is 2.23. The Balaban J connectivity index is 1.42. The van der Waals surface area contributed by atoms with Crippen LogP contribution < -0.4 is 0 Å². The van der Waals surface area contributed by atoms with Crippen molar-refractivity contribution in [3.8, 4) is 0 Å². The van der Waals surface area contributed by atoms with Crippen LogP contribution in [0.3, 0.4) is 0 Å². The smallest absolute Gasteiger partial charge is 0.253 e. The Morgan fingerprint density at radius 2 is 1.85 bits per heavy atom. The molecule has 26 heavy (non-hydrogen) atoms. The number of halogens is 1. The van der Waals surface area contributed by atoms with Gasteiger partial charge in [-0.25, -0.2) is 0 Å². The maximum absolute atomic E-state index is 12.6. The van der Waals surface area contributed by atoms with Gasteiger partial charge in [0.15, 0.2) is 0 Å². The van der Waals surface area contributed by atoms with Gasteiger partial charge in [-0.3, -0.25) is 9.69 Å². The molecule has 3 aromatic rings. The van der Waals surface area contributed by atoms with Crippen molar-refractivity contribution in [3.63, 3.8) is 0 Å². The lowest BCUT2D eigenvalue weighted by Gasteiger charge is -2.35. The van der Waals surface area contributed by atoms with E-state index in [0.29, 0.717) is 10.6 Å². The lowest BCUT2D eigenvalue weighted by Crippen LogP contribution is -2.48. The third kappa shape index (κ3) is 3.35. The average Bonchev–Trinajstić information content (AvgIpc) is 2.97. The second-order valence-electron chi connectivity index (χ2n) is 6.85. The molecule has 0 atom stereocenters. The zero-order valence-electron chi connectivity index (χ0n) is 14.8. The number of carbonyl (C=O) groups is 1. The monoisotopic (exact) mass is 367 g/mol. The number of nitrogens with zero attached hydrogens (tertiary/aromatic N) is 2. The van der Waals surface area contributed by atoms with E-state index in [4.69, 9.17) is 11.6 Å². The van der Waals surface area contributed by atoms with Crippen LogP contribution in [0.4, 0.5) is 0 Å². The first-order chi connectivity index (χ1) is 12.6. The molecular weight excluding hydrogens is 346 g/mol. The molecule has 0 aliphatic carbocycles. The van der Waals surface area contributed by atoms with E-state index >= 15 is 0 Å². The number of H-pyrrole nitrogens is 1. The third-order valence-corrected chi connectivity index (χ3v) is 5.37. The highest BCUT2D eigenvalue weighted by atomic mass is 35.5. The maximum atomic E-state index is 12.6. The minimum Gasteiger partial charge on any atom is -0.358 e. The van der Waals surface area contributed by atoms with Crippen LogP contribution in [-0.2, 0) is 6.54 Å². The highest BCUT2D eigenvalue weighted by Crippen LogP contribution is 2.24. The molecule has 0 saturated carbocycles. The molecule has 0 bridgehead atoms. The van der Waals surface area contributed by atoms with Gasteiger partial charge in [0, 0.05) is 59.9 Å². The second-order valence-corrected chi connectivity index (χ2v) is 7.29. The number of hydrogen-bond donors (Lipinski definition) is 1. The third-order valence-electron chi connectivity index (χ3n) is 5.14. The van der Waals surface area contributed by atoms with Crippen LogP contribution in [0.2, 0.25) is 5.02 Å². The number of nitrogens with one attached hydrogen (secondary N) is 1. The Hall–Kier alpha value is -2.30.